The number of phenols is 1. The molecule has 0 unspecified atom stereocenters. The average Bonchev–Trinajstić information content (AvgIpc) is 2.69. The minimum atomic E-state index is -0.398. The zero-order valence-electron chi connectivity index (χ0n) is 17.1. The van der Waals surface area contributed by atoms with Gasteiger partial charge in [0.1, 0.15) is 18.1 Å². The van der Waals surface area contributed by atoms with Gasteiger partial charge >= 0.3 is 0 Å². The molecule has 0 spiro atoms. The van der Waals surface area contributed by atoms with Crippen molar-refractivity contribution in [3.63, 3.8) is 0 Å². The maximum Gasteiger partial charge on any atom is 0.165 e. The van der Waals surface area contributed by atoms with E-state index in [-0.39, 0.29) is 11.5 Å². The highest BCUT2D eigenvalue weighted by atomic mass is 19.1. The molecule has 0 saturated heterocycles. The molecule has 0 saturated carbocycles. The standard InChI is InChI=1S/C25H25FO3/c1-16(2)11-12-29-24-10-7-19(14-23(24)26)21-15-25(28-4)22(13-17(21)3)18-5-8-20(27)9-6-18/h5-11,13-15,27H,12H2,1-4H3. The van der Waals surface area contributed by atoms with Crippen LogP contribution in [0.5, 0.6) is 17.2 Å². The first-order valence-electron chi connectivity index (χ1n) is 9.43. The summed E-state index contributed by atoms with van der Waals surface area (Å²) >= 11 is 0. The van der Waals surface area contributed by atoms with E-state index in [1.807, 2.05) is 57.2 Å². The summed E-state index contributed by atoms with van der Waals surface area (Å²) in [6, 6.07) is 15.9. The Morgan fingerprint density at radius 2 is 1.62 bits per heavy atom. The fourth-order valence-corrected chi connectivity index (χ4v) is 3.12. The maximum absolute atomic E-state index is 14.6. The number of aromatic hydroxyl groups is 1. The van der Waals surface area contributed by atoms with Crippen molar-refractivity contribution in [1.82, 2.24) is 0 Å². The second kappa shape index (κ2) is 8.82. The Morgan fingerprint density at radius 3 is 2.24 bits per heavy atom. The van der Waals surface area contributed by atoms with E-state index >= 15 is 0 Å². The topological polar surface area (TPSA) is 38.7 Å². The summed E-state index contributed by atoms with van der Waals surface area (Å²) in [5.41, 5.74) is 5.61. The lowest BCUT2D eigenvalue weighted by molar-refractivity contribution is 0.341. The smallest absolute Gasteiger partial charge is 0.165 e. The highest BCUT2D eigenvalue weighted by molar-refractivity contribution is 5.79. The number of allylic oxidation sites excluding steroid dienone is 1. The Kier molecular flexibility index (Phi) is 6.23. The third-order valence-electron chi connectivity index (χ3n) is 4.70. The SMILES string of the molecule is COc1cc(-c2ccc(OCC=C(C)C)c(F)c2)c(C)cc1-c1ccc(O)cc1. The maximum atomic E-state index is 14.6. The molecule has 3 nitrogen and oxygen atoms in total. The number of ether oxygens (including phenoxy) is 2. The summed E-state index contributed by atoms with van der Waals surface area (Å²) in [5, 5.41) is 9.53. The predicted molar refractivity (Wildman–Crippen MR) is 115 cm³/mol. The van der Waals surface area contributed by atoms with E-state index in [0.717, 1.165) is 33.4 Å². The van der Waals surface area contributed by atoms with Crippen LogP contribution >= 0.6 is 0 Å². The Hall–Kier alpha value is -3.27. The number of hydrogen-bond acceptors (Lipinski definition) is 3. The summed E-state index contributed by atoms with van der Waals surface area (Å²) in [6.45, 7) is 6.27. The molecule has 0 aliphatic rings. The number of halogens is 1. The van der Waals surface area contributed by atoms with Gasteiger partial charge in [0, 0.05) is 5.56 Å². The van der Waals surface area contributed by atoms with Crippen molar-refractivity contribution < 1.29 is 19.0 Å². The fraction of sp³-hybridized carbons (Fsp3) is 0.200. The van der Waals surface area contributed by atoms with Crippen LogP contribution in [0, 0.1) is 12.7 Å². The van der Waals surface area contributed by atoms with Gasteiger partial charge in [0.15, 0.2) is 11.6 Å². The predicted octanol–water partition coefficient (Wildman–Crippen LogP) is 6.53. The summed E-state index contributed by atoms with van der Waals surface area (Å²) in [4.78, 5) is 0. The molecule has 0 fully saturated rings. The second-order valence-electron chi connectivity index (χ2n) is 7.15. The molecular weight excluding hydrogens is 367 g/mol. The van der Waals surface area contributed by atoms with Gasteiger partial charge in [0.2, 0.25) is 0 Å². The molecule has 0 aliphatic carbocycles. The molecule has 150 valence electrons. The van der Waals surface area contributed by atoms with Crippen molar-refractivity contribution in [3.8, 4) is 39.5 Å². The van der Waals surface area contributed by atoms with Gasteiger partial charge in [0.05, 0.1) is 7.11 Å². The van der Waals surface area contributed by atoms with Crippen molar-refractivity contribution in [1.29, 1.82) is 0 Å². The number of aryl methyl sites for hydroxylation is 1. The van der Waals surface area contributed by atoms with E-state index in [4.69, 9.17) is 9.47 Å². The lowest BCUT2D eigenvalue weighted by Crippen LogP contribution is -1.97. The minimum Gasteiger partial charge on any atom is -0.508 e. The molecule has 0 atom stereocenters. The van der Waals surface area contributed by atoms with Gasteiger partial charge in [-0.05, 0) is 85.5 Å². The summed E-state index contributed by atoms with van der Waals surface area (Å²) in [5.74, 6) is 0.728. The van der Waals surface area contributed by atoms with Gasteiger partial charge in [0.25, 0.3) is 0 Å². The molecule has 3 aromatic rings. The molecule has 0 radical (unpaired) electrons. The molecule has 1 N–H and O–H groups in total. The van der Waals surface area contributed by atoms with E-state index < -0.39 is 5.82 Å². The Labute approximate surface area is 171 Å². The van der Waals surface area contributed by atoms with Crippen molar-refractivity contribution in [3.05, 3.63) is 77.6 Å². The van der Waals surface area contributed by atoms with Crippen LogP contribution in [0.1, 0.15) is 19.4 Å². The number of rotatable bonds is 6. The van der Waals surface area contributed by atoms with Gasteiger partial charge in [-0.15, -0.1) is 0 Å². The van der Waals surface area contributed by atoms with E-state index in [1.54, 1.807) is 25.3 Å². The largest absolute Gasteiger partial charge is 0.508 e. The van der Waals surface area contributed by atoms with Crippen molar-refractivity contribution in [2.24, 2.45) is 0 Å². The number of hydrogen-bond donors (Lipinski definition) is 1. The van der Waals surface area contributed by atoms with Crippen molar-refractivity contribution >= 4 is 0 Å². The zero-order chi connectivity index (χ0) is 21.0. The average molecular weight is 392 g/mol. The molecule has 3 rings (SSSR count). The summed E-state index contributed by atoms with van der Waals surface area (Å²) in [7, 11) is 1.61. The third-order valence-corrected chi connectivity index (χ3v) is 4.70. The van der Waals surface area contributed by atoms with Crippen LogP contribution in [-0.4, -0.2) is 18.8 Å². The van der Waals surface area contributed by atoms with E-state index in [1.165, 1.54) is 6.07 Å². The summed E-state index contributed by atoms with van der Waals surface area (Å²) in [6.07, 6.45) is 1.91. The van der Waals surface area contributed by atoms with Crippen LogP contribution in [-0.2, 0) is 0 Å². The van der Waals surface area contributed by atoms with Crippen LogP contribution in [0.2, 0.25) is 0 Å². The van der Waals surface area contributed by atoms with Crippen LogP contribution in [0.3, 0.4) is 0 Å². The normalized spacial score (nSPS) is 10.5. The Morgan fingerprint density at radius 1 is 0.931 bits per heavy atom. The molecule has 3 aromatic carbocycles. The molecule has 0 heterocycles. The first kappa shape index (κ1) is 20.5. The zero-order valence-corrected chi connectivity index (χ0v) is 17.1. The molecule has 29 heavy (non-hydrogen) atoms. The van der Waals surface area contributed by atoms with Crippen LogP contribution in [0.25, 0.3) is 22.3 Å². The second-order valence-corrected chi connectivity index (χ2v) is 7.15. The number of phenolic OH excluding ortho intramolecular Hbond substituents is 1. The van der Waals surface area contributed by atoms with Gasteiger partial charge in [-0.3, -0.25) is 0 Å². The molecular formula is C25H25FO3. The number of benzene rings is 3. The lowest BCUT2D eigenvalue weighted by atomic mass is 9.94. The number of methoxy groups -OCH3 is 1. The van der Waals surface area contributed by atoms with Crippen LogP contribution in [0.15, 0.2) is 66.2 Å². The van der Waals surface area contributed by atoms with E-state index in [9.17, 15) is 9.50 Å². The third kappa shape index (κ3) is 4.77. The quantitative estimate of drug-likeness (QED) is 0.485. The summed E-state index contributed by atoms with van der Waals surface area (Å²) < 4.78 is 25.6. The van der Waals surface area contributed by atoms with Gasteiger partial charge in [-0.1, -0.05) is 23.8 Å². The van der Waals surface area contributed by atoms with Crippen molar-refractivity contribution in [2.75, 3.05) is 13.7 Å². The molecule has 0 aromatic heterocycles. The minimum absolute atomic E-state index is 0.212. The highest BCUT2D eigenvalue weighted by Crippen LogP contribution is 2.38. The van der Waals surface area contributed by atoms with Crippen LogP contribution in [0.4, 0.5) is 4.39 Å². The lowest BCUT2D eigenvalue weighted by Gasteiger charge is -2.15. The van der Waals surface area contributed by atoms with Gasteiger partial charge in [-0.25, -0.2) is 4.39 Å². The first-order valence-corrected chi connectivity index (χ1v) is 9.43. The molecule has 0 aliphatic heterocycles. The van der Waals surface area contributed by atoms with Crippen molar-refractivity contribution in [2.45, 2.75) is 20.8 Å². The van der Waals surface area contributed by atoms with E-state index in [0.29, 0.717) is 12.4 Å². The Bertz CT molecular complexity index is 1030. The monoisotopic (exact) mass is 392 g/mol. The molecule has 0 amide bonds. The molecule has 4 heteroatoms. The van der Waals surface area contributed by atoms with Gasteiger partial charge in [-0.2, -0.15) is 0 Å². The highest BCUT2D eigenvalue weighted by Gasteiger charge is 2.13. The fourth-order valence-electron chi connectivity index (χ4n) is 3.12. The Balaban J connectivity index is 1.95. The first-order chi connectivity index (χ1) is 13.9. The molecule has 0 bridgehead atoms. The van der Waals surface area contributed by atoms with Gasteiger partial charge < -0.3 is 14.6 Å². The van der Waals surface area contributed by atoms with E-state index in [2.05, 4.69) is 0 Å². The van der Waals surface area contributed by atoms with Crippen LogP contribution < -0.4 is 9.47 Å².